The number of carbonyl (C=O) groups excluding carboxylic acids is 1. The van der Waals surface area contributed by atoms with Crippen LogP contribution in [0, 0.1) is 0 Å². The highest BCUT2D eigenvalue weighted by Crippen LogP contribution is 2.29. The van der Waals surface area contributed by atoms with Crippen molar-refractivity contribution in [2.45, 2.75) is 58.5 Å². The van der Waals surface area contributed by atoms with Crippen LogP contribution in [0.25, 0.3) is 0 Å². The number of allylic oxidation sites excluding steroid dienone is 2. The molecule has 1 fully saturated rings. The molecule has 2 nitrogen and oxygen atoms in total. The summed E-state index contributed by atoms with van der Waals surface area (Å²) in [6.07, 6.45) is 6.74. The van der Waals surface area contributed by atoms with Crippen molar-refractivity contribution in [1.82, 2.24) is 0 Å². The van der Waals surface area contributed by atoms with E-state index in [0.29, 0.717) is 6.42 Å². The summed E-state index contributed by atoms with van der Waals surface area (Å²) in [5.74, 6) is -0.0315. The van der Waals surface area contributed by atoms with Gasteiger partial charge in [-0.1, -0.05) is 11.6 Å². The molecule has 0 spiro atoms. The van der Waals surface area contributed by atoms with Crippen LogP contribution in [0.1, 0.15) is 52.9 Å². The summed E-state index contributed by atoms with van der Waals surface area (Å²) in [5.41, 5.74) is 1.12. The molecule has 1 aliphatic rings. The van der Waals surface area contributed by atoms with E-state index in [1.54, 1.807) is 0 Å². The average molecular weight is 196 g/mol. The van der Waals surface area contributed by atoms with Gasteiger partial charge in [-0.05, 0) is 46.5 Å². The number of rotatable bonds is 3. The van der Waals surface area contributed by atoms with Crippen molar-refractivity contribution >= 4 is 5.97 Å². The molecule has 0 aromatic carbocycles. The average Bonchev–Trinajstić information content (AvgIpc) is 2.01. The summed E-state index contributed by atoms with van der Waals surface area (Å²) < 4.78 is 5.39. The lowest BCUT2D eigenvalue weighted by Gasteiger charge is -2.33. The van der Waals surface area contributed by atoms with E-state index in [2.05, 4.69) is 19.9 Å². The largest absolute Gasteiger partial charge is 0.459 e. The normalized spacial score (nSPS) is 26.9. The van der Waals surface area contributed by atoms with Crippen LogP contribution in [0.4, 0.5) is 0 Å². The molecule has 0 saturated carbocycles. The zero-order valence-corrected chi connectivity index (χ0v) is 9.43. The van der Waals surface area contributed by atoms with E-state index < -0.39 is 0 Å². The third kappa shape index (κ3) is 3.52. The molecule has 1 saturated heterocycles. The highest BCUT2D eigenvalue weighted by molar-refractivity contribution is 5.70. The SMILES string of the molecule is CC(C)=CCCC1(C)CCCC(=O)O1. The highest BCUT2D eigenvalue weighted by Gasteiger charge is 2.31. The molecular formula is C12H20O2. The Labute approximate surface area is 86.3 Å². The second kappa shape index (κ2) is 4.63. The lowest BCUT2D eigenvalue weighted by molar-refractivity contribution is -0.165. The number of hydrogen-bond acceptors (Lipinski definition) is 2. The first-order chi connectivity index (χ1) is 6.52. The number of esters is 1. The first-order valence-corrected chi connectivity index (χ1v) is 5.37. The van der Waals surface area contributed by atoms with Gasteiger partial charge in [0.25, 0.3) is 0 Å². The van der Waals surface area contributed by atoms with Gasteiger partial charge in [-0.2, -0.15) is 0 Å². The molecule has 0 aromatic heterocycles. The van der Waals surface area contributed by atoms with Crippen molar-refractivity contribution in [2.24, 2.45) is 0 Å². The monoisotopic (exact) mass is 196 g/mol. The Morgan fingerprint density at radius 1 is 1.57 bits per heavy atom. The first-order valence-electron chi connectivity index (χ1n) is 5.37. The van der Waals surface area contributed by atoms with Crippen LogP contribution in [-0.2, 0) is 9.53 Å². The quantitative estimate of drug-likeness (QED) is 0.511. The summed E-state index contributed by atoms with van der Waals surface area (Å²) in [6.45, 7) is 6.23. The third-order valence-corrected chi connectivity index (χ3v) is 2.67. The summed E-state index contributed by atoms with van der Waals surface area (Å²) in [7, 11) is 0. The Morgan fingerprint density at radius 3 is 2.86 bits per heavy atom. The Morgan fingerprint density at radius 2 is 2.29 bits per heavy atom. The maximum absolute atomic E-state index is 11.1. The standard InChI is InChI=1S/C12H20O2/c1-10(2)6-4-8-12(3)9-5-7-11(13)14-12/h6H,4-5,7-9H2,1-3H3. The Hall–Kier alpha value is -0.790. The van der Waals surface area contributed by atoms with Crippen LogP contribution in [-0.4, -0.2) is 11.6 Å². The van der Waals surface area contributed by atoms with E-state index in [1.165, 1.54) is 5.57 Å². The minimum Gasteiger partial charge on any atom is -0.459 e. The minimum absolute atomic E-state index is 0.0315. The molecule has 0 bridgehead atoms. The molecule has 14 heavy (non-hydrogen) atoms. The zero-order chi connectivity index (χ0) is 10.6. The van der Waals surface area contributed by atoms with Gasteiger partial charge in [-0.3, -0.25) is 4.79 Å². The lowest BCUT2D eigenvalue weighted by Crippen LogP contribution is -2.35. The number of cyclic esters (lactones) is 1. The first kappa shape index (κ1) is 11.3. The van der Waals surface area contributed by atoms with Crippen LogP contribution in [0.3, 0.4) is 0 Å². The van der Waals surface area contributed by atoms with Crippen molar-refractivity contribution in [3.05, 3.63) is 11.6 Å². The fourth-order valence-electron chi connectivity index (χ4n) is 1.83. The molecule has 1 rings (SSSR count). The maximum Gasteiger partial charge on any atom is 0.306 e. The molecule has 1 unspecified atom stereocenters. The summed E-state index contributed by atoms with van der Waals surface area (Å²) >= 11 is 0. The van der Waals surface area contributed by atoms with Gasteiger partial charge in [0.1, 0.15) is 5.60 Å². The van der Waals surface area contributed by atoms with Gasteiger partial charge in [0, 0.05) is 6.42 Å². The third-order valence-electron chi connectivity index (χ3n) is 2.67. The van der Waals surface area contributed by atoms with E-state index in [0.717, 1.165) is 25.7 Å². The highest BCUT2D eigenvalue weighted by atomic mass is 16.6. The van der Waals surface area contributed by atoms with Crippen molar-refractivity contribution in [3.63, 3.8) is 0 Å². The van der Waals surface area contributed by atoms with Crippen molar-refractivity contribution in [1.29, 1.82) is 0 Å². The number of carbonyl (C=O) groups is 1. The fourth-order valence-corrected chi connectivity index (χ4v) is 1.83. The Kier molecular flexibility index (Phi) is 3.73. The molecule has 0 radical (unpaired) electrons. The van der Waals surface area contributed by atoms with Crippen LogP contribution in [0.2, 0.25) is 0 Å². The molecule has 1 atom stereocenters. The van der Waals surface area contributed by atoms with Gasteiger partial charge in [-0.25, -0.2) is 0 Å². The smallest absolute Gasteiger partial charge is 0.306 e. The Balaban J connectivity index is 2.41. The van der Waals surface area contributed by atoms with E-state index in [1.807, 2.05) is 6.92 Å². The number of ether oxygens (including phenoxy) is 1. The van der Waals surface area contributed by atoms with Gasteiger partial charge >= 0.3 is 5.97 Å². The molecule has 0 amide bonds. The summed E-state index contributed by atoms with van der Waals surface area (Å²) in [5, 5.41) is 0. The van der Waals surface area contributed by atoms with Gasteiger partial charge < -0.3 is 4.74 Å². The summed E-state index contributed by atoms with van der Waals surface area (Å²) in [4.78, 5) is 11.1. The second-order valence-corrected chi connectivity index (χ2v) is 4.60. The van der Waals surface area contributed by atoms with Crippen molar-refractivity contribution < 1.29 is 9.53 Å². The van der Waals surface area contributed by atoms with E-state index >= 15 is 0 Å². The zero-order valence-electron chi connectivity index (χ0n) is 9.43. The van der Waals surface area contributed by atoms with Gasteiger partial charge in [-0.15, -0.1) is 0 Å². The van der Waals surface area contributed by atoms with Gasteiger partial charge in [0.2, 0.25) is 0 Å². The lowest BCUT2D eigenvalue weighted by atomic mass is 9.90. The van der Waals surface area contributed by atoms with Gasteiger partial charge in [0.05, 0.1) is 0 Å². The number of hydrogen-bond donors (Lipinski definition) is 0. The van der Waals surface area contributed by atoms with Crippen LogP contribution >= 0.6 is 0 Å². The molecule has 80 valence electrons. The molecule has 0 aliphatic carbocycles. The molecule has 0 N–H and O–H groups in total. The van der Waals surface area contributed by atoms with Crippen LogP contribution < -0.4 is 0 Å². The molecule has 1 heterocycles. The minimum atomic E-state index is -0.207. The van der Waals surface area contributed by atoms with E-state index in [9.17, 15) is 4.79 Å². The molecular weight excluding hydrogens is 176 g/mol. The fraction of sp³-hybridized carbons (Fsp3) is 0.750. The van der Waals surface area contributed by atoms with Crippen LogP contribution in [0.5, 0.6) is 0 Å². The topological polar surface area (TPSA) is 26.3 Å². The van der Waals surface area contributed by atoms with E-state index in [-0.39, 0.29) is 11.6 Å². The van der Waals surface area contributed by atoms with E-state index in [4.69, 9.17) is 4.74 Å². The van der Waals surface area contributed by atoms with Gasteiger partial charge in [0.15, 0.2) is 0 Å². The van der Waals surface area contributed by atoms with Crippen molar-refractivity contribution in [3.8, 4) is 0 Å². The second-order valence-electron chi connectivity index (χ2n) is 4.60. The Bertz CT molecular complexity index is 239. The molecule has 1 aliphatic heterocycles. The maximum atomic E-state index is 11.1. The molecule has 2 heteroatoms. The summed E-state index contributed by atoms with van der Waals surface area (Å²) in [6, 6.07) is 0. The predicted octanol–water partition coefficient (Wildman–Crippen LogP) is 3.22. The van der Waals surface area contributed by atoms with Crippen molar-refractivity contribution in [2.75, 3.05) is 0 Å². The molecule has 0 aromatic rings. The predicted molar refractivity (Wildman–Crippen MR) is 57.0 cm³/mol. The van der Waals surface area contributed by atoms with Crippen LogP contribution in [0.15, 0.2) is 11.6 Å².